The van der Waals surface area contributed by atoms with E-state index in [9.17, 15) is 0 Å². The predicted octanol–water partition coefficient (Wildman–Crippen LogP) is 3.68. The molecule has 15 heavy (non-hydrogen) atoms. The van der Waals surface area contributed by atoms with Crippen LogP contribution in [0.3, 0.4) is 0 Å². The molecule has 0 N–H and O–H groups in total. The first kappa shape index (κ1) is 10.5. The number of thiazole rings is 1. The Bertz CT molecular complexity index is 442. The molecule has 0 aliphatic heterocycles. The first-order valence-corrected chi connectivity index (χ1v) is 5.84. The Kier molecular flexibility index (Phi) is 3.23. The van der Waals surface area contributed by atoms with Gasteiger partial charge in [-0.05, 0) is 24.6 Å². The van der Waals surface area contributed by atoms with Crippen molar-refractivity contribution in [2.45, 2.75) is 13.5 Å². The molecule has 0 fully saturated rings. The molecule has 2 nitrogen and oxygen atoms in total. The van der Waals surface area contributed by atoms with E-state index in [1.165, 1.54) is 0 Å². The van der Waals surface area contributed by atoms with E-state index < -0.39 is 0 Å². The van der Waals surface area contributed by atoms with Crippen LogP contribution in [0.2, 0.25) is 5.02 Å². The molecular weight excluding hydrogens is 230 g/mol. The highest BCUT2D eigenvalue weighted by molar-refractivity contribution is 7.07. The zero-order valence-electron chi connectivity index (χ0n) is 8.24. The summed E-state index contributed by atoms with van der Waals surface area (Å²) < 4.78 is 5.62. The van der Waals surface area contributed by atoms with Crippen LogP contribution in [-0.2, 0) is 6.61 Å². The largest absolute Gasteiger partial charge is 0.487 e. The van der Waals surface area contributed by atoms with E-state index in [4.69, 9.17) is 16.3 Å². The summed E-state index contributed by atoms with van der Waals surface area (Å²) in [5, 5.41) is 2.66. The van der Waals surface area contributed by atoms with Crippen molar-refractivity contribution in [1.82, 2.24) is 4.98 Å². The Hall–Kier alpha value is -1.06. The van der Waals surface area contributed by atoms with Crippen LogP contribution in [0.15, 0.2) is 29.1 Å². The van der Waals surface area contributed by atoms with E-state index in [1.807, 2.05) is 30.5 Å². The van der Waals surface area contributed by atoms with Crippen LogP contribution in [0.25, 0.3) is 0 Å². The van der Waals surface area contributed by atoms with Gasteiger partial charge >= 0.3 is 0 Å². The lowest BCUT2D eigenvalue weighted by molar-refractivity contribution is 0.300. The average Bonchev–Trinajstić information content (AvgIpc) is 2.72. The number of nitrogens with zero attached hydrogens (tertiary/aromatic N) is 1. The molecule has 2 aromatic rings. The van der Waals surface area contributed by atoms with Crippen molar-refractivity contribution < 1.29 is 4.74 Å². The van der Waals surface area contributed by atoms with Gasteiger partial charge in [0.1, 0.15) is 12.4 Å². The third-order valence-electron chi connectivity index (χ3n) is 2.01. The molecule has 0 spiro atoms. The standard InChI is InChI=1S/C11H10ClNOS/c1-8-2-3-9(12)4-11(8)14-5-10-6-15-7-13-10/h2-4,6-7H,5H2,1H3. The van der Waals surface area contributed by atoms with Crippen molar-refractivity contribution in [3.63, 3.8) is 0 Å². The Balaban J connectivity index is 2.07. The highest BCUT2D eigenvalue weighted by atomic mass is 35.5. The molecule has 0 aliphatic rings. The summed E-state index contributed by atoms with van der Waals surface area (Å²) in [5.41, 5.74) is 3.82. The summed E-state index contributed by atoms with van der Waals surface area (Å²) in [4.78, 5) is 4.14. The number of hydrogen-bond donors (Lipinski definition) is 0. The van der Waals surface area contributed by atoms with Gasteiger partial charge in [0.2, 0.25) is 0 Å². The quantitative estimate of drug-likeness (QED) is 0.815. The Morgan fingerprint density at radius 2 is 2.33 bits per heavy atom. The summed E-state index contributed by atoms with van der Waals surface area (Å²) in [6, 6.07) is 5.62. The zero-order valence-corrected chi connectivity index (χ0v) is 9.81. The van der Waals surface area contributed by atoms with Crippen LogP contribution < -0.4 is 4.74 Å². The second-order valence-corrected chi connectivity index (χ2v) is 4.33. The fourth-order valence-corrected chi connectivity index (χ4v) is 1.90. The van der Waals surface area contributed by atoms with Crippen LogP contribution in [-0.4, -0.2) is 4.98 Å². The van der Waals surface area contributed by atoms with Gasteiger partial charge in [-0.3, -0.25) is 0 Å². The van der Waals surface area contributed by atoms with E-state index in [-0.39, 0.29) is 0 Å². The molecule has 0 atom stereocenters. The maximum Gasteiger partial charge on any atom is 0.131 e. The molecule has 4 heteroatoms. The first-order chi connectivity index (χ1) is 7.25. The van der Waals surface area contributed by atoms with E-state index in [2.05, 4.69) is 4.98 Å². The van der Waals surface area contributed by atoms with Gasteiger partial charge in [0.15, 0.2) is 0 Å². The van der Waals surface area contributed by atoms with Crippen LogP contribution in [0.5, 0.6) is 5.75 Å². The van der Waals surface area contributed by atoms with Crippen LogP contribution in [0.4, 0.5) is 0 Å². The molecule has 0 unspecified atom stereocenters. The van der Waals surface area contributed by atoms with Crippen molar-refractivity contribution in [3.8, 4) is 5.75 Å². The first-order valence-electron chi connectivity index (χ1n) is 4.52. The number of aromatic nitrogens is 1. The Morgan fingerprint density at radius 3 is 3.07 bits per heavy atom. The van der Waals surface area contributed by atoms with Crippen molar-refractivity contribution >= 4 is 22.9 Å². The highest BCUT2D eigenvalue weighted by Gasteiger charge is 2.02. The third-order valence-corrected chi connectivity index (χ3v) is 2.88. The minimum atomic E-state index is 0.491. The lowest BCUT2D eigenvalue weighted by Gasteiger charge is -2.07. The molecule has 0 radical (unpaired) electrons. The lowest BCUT2D eigenvalue weighted by Crippen LogP contribution is -1.96. The molecule has 0 saturated heterocycles. The van der Waals surface area contributed by atoms with Crippen LogP contribution >= 0.6 is 22.9 Å². The smallest absolute Gasteiger partial charge is 0.131 e. The second-order valence-electron chi connectivity index (χ2n) is 3.18. The van der Waals surface area contributed by atoms with E-state index >= 15 is 0 Å². The SMILES string of the molecule is Cc1ccc(Cl)cc1OCc1cscn1. The molecule has 1 heterocycles. The van der Waals surface area contributed by atoms with Gasteiger partial charge in [0.05, 0.1) is 11.2 Å². The topological polar surface area (TPSA) is 22.1 Å². The molecule has 0 aliphatic carbocycles. The summed E-state index contributed by atoms with van der Waals surface area (Å²) in [5.74, 6) is 0.815. The van der Waals surface area contributed by atoms with Crippen molar-refractivity contribution in [2.75, 3.05) is 0 Å². The minimum Gasteiger partial charge on any atom is -0.487 e. The Labute approximate surface area is 97.5 Å². The normalized spacial score (nSPS) is 10.3. The van der Waals surface area contributed by atoms with Gasteiger partial charge < -0.3 is 4.74 Å². The lowest BCUT2D eigenvalue weighted by atomic mass is 10.2. The fraction of sp³-hybridized carbons (Fsp3) is 0.182. The fourth-order valence-electron chi connectivity index (χ4n) is 1.19. The Morgan fingerprint density at radius 1 is 1.47 bits per heavy atom. The van der Waals surface area contributed by atoms with Crippen molar-refractivity contribution in [1.29, 1.82) is 0 Å². The van der Waals surface area contributed by atoms with Gasteiger partial charge in [-0.15, -0.1) is 11.3 Å². The van der Waals surface area contributed by atoms with Crippen molar-refractivity contribution in [2.24, 2.45) is 0 Å². The molecular formula is C11H10ClNOS. The number of rotatable bonds is 3. The molecule has 0 amide bonds. The van der Waals surface area contributed by atoms with E-state index in [0.717, 1.165) is 17.0 Å². The number of benzene rings is 1. The number of halogens is 1. The third kappa shape index (κ3) is 2.70. The summed E-state index contributed by atoms with van der Waals surface area (Å²) >= 11 is 7.45. The van der Waals surface area contributed by atoms with Gasteiger partial charge in [0, 0.05) is 10.4 Å². The molecule has 1 aromatic heterocycles. The van der Waals surface area contributed by atoms with Crippen LogP contribution in [0.1, 0.15) is 11.3 Å². The summed E-state index contributed by atoms with van der Waals surface area (Å²) in [7, 11) is 0. The molecule has 2 rings (SSSR count). The summed E-state index contributed by atoms with van der Waals surface area (Å²) in [6.07, 6.45) is 0. The maximum absolute atomic E-state index is 5.88. The average molecular weight is 240 g/mol. The highest BCUT2D eigenvalue weighted by Crippen LogP contribution is 2.23. The zero-order chi connectivity index (χ0) is 10.7. The van der Waals surface area contributed by atoms with Gasteiger partial charge in [-0.25, -0.2) is 4.98 Å². The number of hydrogen-bond acceptors (Lipinski definition) is 3. The number of ether oxygens (including phenoxy) is 1. The molecule has 1 aromatic carbocycles. The summed E-state index contributed by atoms with van der Waals surface area (Å²) in [6.45, 7) is 2.48. The van der Waals surface area contributed by atoms with Gasteiger partial charge in [-0.1, -0.05) is 17.7 Å². The maximum atomic E-state index is 5.88. The predicted molar refractivity (Wildman–Crippen MR) is 62.6 cm³/mol. The minimum absolute atomic E-state index is 0.491. The molecule has 78 valence electrons. The number of aryl methyl sites for hydroxylation is 1. The van der Waals surface area contributed by atoms with Crippen molar-refractivity contribution in [3.05, 3.63) is 45.4 Å². The van der Waals surface area contributed by atoms with Gasteiger partial charge in [-0.2, -0.15) is 0 Å². The van der Waals surface area contributed by atoms with Crippen LogP contribution in [0, 0.1) is 6.92 Å². The molecule has 0 bridgehead atoms. The second kappa shape index (κ2) is 4.64. The molecule has 0 saturated carbocycles. The monoisotopic (exact) mass is 239 g/mol. The van der Waals surface area contributed by atoms with E-state index in [1.54, 1.807) is 16.8 Å². The van der Waals surface area contributed by atoms with E-state index in [0.29, 0.717) is 11.6 Å². The van der Waals surface area contributed by atoms with Gasteiger partial charge in [0.25, 0.3) is 0 Å².